The molecule has 14 rings (SSSR count). The number of benzene rings is 6. The van der Waals surface area contributed by atoms with E-state index in [0.29, 0.717) is 30.1 Å². The van der Waals surface area contributed by atoms with Crippen molar-refractivity contribution in [3.63, 3.8) is 0 Å². The van der Waals surface area contributed by atoms with Gasteiger partial charge >= 0.3 is 0 Å². The van der Waals surface area contributed by atoms with Gasteiger partial charge in [0, 0.05) is 66.9 Å². The Morgan fingerprint density at radius 3 is 0.872 bits per heavy atom. The number of hydrogen-bond donors (Lipinski definition) is 0. The average molecular weight is 1520 g/mol. The van der Waals surface area contributed by atoms with Crippen LogP contribution in [0, 0.1) is 90.0 Å². The van der Waals surface area contributed by atoms with Crippen molar-refractivity contribution in [3.05, 3.63) is 304 Å². The highest BCUT2D eigenvalue weighted by Gasteiger charge is 2.49. The zero-order valence-corrected chi connectivity index (χ0v) is 70.9. The Hall–Kier alpha value is -7.36. The number of hydrogen-bond acceptors (Lipinski definition) is 4. The Kier molecular flexibility index (Phi) is 34.3. The first kappa shape index (κ1) is 97.7. The van der Waals surface area contributed by atoms with Crippen molar-refractivity contribution < 1.29 is 14.4 Å². The normalized spacial score (nSPS) is 18.1. The number of carbonyl (C=O) groups excluding carboxylic acids is 3. The summed E-state index contributed by atoms with van der Waals surface area (Å²) in [5.41, 5.74) is 25.9. The molecule has 0 N–H and O–H groups in total. The summed E-state index contributed by atoms with van der Waals surface area (Å²) in [6, 6.07) is 42.2. The second kappa shape index (κ2) is 38.2. The molecule has 0 spiro atoms. The molecular weight excluding hydrogens is 1370 g/mol. The largest absolute Gasteiger partial charge is 0.300 e. The van der Waals surface area contributed by atoms with E-state index in [9.17, 15) is 14.4 Å². The minimum atomic E-state index is -1.33. The fraction of sp³-hybridized carbons (Fsp3) is 0.447. The zero-order chi connectivity index (χ0) is 76.2. The Morgan fingerprint density at radius 1 is 0.349 bits per heavy atom. The van der Waals surface area contributed by atoms with Gasteiger partial charge in [-0.1, -0.05) is 317 Å². The molecule has 3 nitrogen and oxygen atoms in total. The first-order valence-corrected chi connectivity index (χ1v) is 45.1. The van der Waals surface area contributed by atoms with E-state index in [2.05, 4.69) is 352 Å². The third kappa shape index (κ3) is 22.5. The lowest BCUT2D eigenvalue weighted by Crippen LogP contribution is -2.41. The molecule has 6 aromatic carbocycles. The molecule has 2 unspecified atom stereocenters. The maximum atomic E-state index is 11.5. The van der Waals surface area contributed by atoms with Gasteiger partial charge in [0.05, 0.1) is 16.1 Å². The summed E-state index contributed by atoms with van der Waals surface area (Å²) < 4.78 is 0. The zero-order valence-electron chi connectivity index (χ0n) is 68.1. The molecule has 0 saturated carbocycles. The molecule has 0 amide bonds. The first-order chi connectivity index (χ1) is 48.1. The van der Waals surface area contributed by atoms with Crippen LogP contribution in [0.2, 0.25) is 38.3 Å². The van der Waals surface area contributed by atoms with Crippen molar-refractivity contribution in [2.45, 2.75) is 305 Å². The van der Waals surface area contributed by atoms with Crippen LogP contribution in [0.3, 0.4) is 0 Å². The van der Waals surface area contributed by atoms with Crippen molar-refractivity contribution in [3.8, 4) is 0 Å². The third-order valence-corrected chi connectivity index (χ3v) is 31.9. The van der Waals surface area contributed by atoms with Gasteiger partial charge in [0.2, 0.25) is 0 Å². The summed E-state index contributed by atoms with van der Waals surface area (Å²) in [7, 11) is -2.65. The van der Waals surface area contributed by atoms with Crippen LogP contribution in [0.1, 0.15) is 249 Å². The molecule has 109 heavy (non-hydrogen) atoms. The van der Waals surface area contributed by atoms with Crippen LogP contribution in [-0.4, -0.2) is 33.5 Å². The van der Waals surface area contributed by atoms with Crippen molar-refractivity contribution in [1.82, 2.24) is 0 Å². The van der Waals surface area contributed by atoms with Crippen LogP contribution in [-0.2, 0) is 52.3 Å². The molecular formula is C103H148O3SSi2. The predicted molar refractivity (Wildman–Crippen MR) is 494 cm³/mol. The number of rotatable bonds is 15. The van der Waals surface area contributed by atoms with E-state index < -0.39 is 16.1 Å². The van der Waals surface area contributed by atoms with Gasteiger partial charge in [0.25, 0.3) is 0 Å². The minimum absolute atomic E-state index is 0. The molecule has 2 bridgehead atoms. The molecule has 2 atom stereocenters. The predicted octanol–water partition coefficient (Wildman–Crippen LogP) is 28.0. The van der Waals surface area contributed by atoms with Crippen LogP contribution in [0.25, 0.3) is 0 Å². The van der Waals surface area contributed by atoms with Gasteiger partial charge in [-0.15, -0.1) is 11.3 Å². The van der Waals surface area contributed by atoms with Crippen LogP contribution in [0.15, 0.2) is 194 Å². The van der Waals surface area contributed by atoms with E-state index in [1.165, 1.54) is 124 Å². The quantitative estimate of drug-likeness (QED) is 0.0759. The summed E-state index contributed by atoms with van der Waals surface area (Å²) >= 11 is 1.84. The molecule has 592 valence electrons. The van der Waals surface area contributed by atoms with Crippen molar-refractivity contribution in [2.75, 3.05) is 0 Å². The van der Waals surface area contributed by atoms with Crippen molar-refractivity contribution in [1.29, 1.82) is 0 Å². The number of Topliss-reactive ketones (excluding diaryl/α,β-unsaturated/α-hetero) is 3. The van der Waals surface area contributed by atoms with Gasteiger partial charge in [-0.2, -0.15) is 0 Å². The molecule has 0 saturated heterocycles. The maximum Gasteiger partial charge on any atom is 0.131 e. The van der Waals surface area contributed by atoms with E-state index in [0.717, 1.165) is 0 Å². The topological polar surface area (TPSA) is 51.2 Å². The van der Waals surface area contributed by atoms with E-state index >= 15 is 0 Å². The fourth-order valence-electron chi connectivity index (χ4n) is 16.3. The Labute approximate surface area is 674 Å². The standard InChI is InChI=1S/C20H28Si2.2C17H22O.C14H18.C13H16OS.C13H14.C3H4.6CH4/c1-21(2,19-13-7-5-8-14-19)17-11-12-18-22(3,4)20-15-9-6-10-16-20;2*1-10(18)9-17(7-8-17)16-14(5)12(3)11(2)13(4)15(16)6;1-13(2)9-10-14(3,4)12-8-6-5-7-11(12)13;1-8(14)7-13(5-6-13)12-10(3)9(2)11(4)15-12;1-12-7-8-13(2,9-12)11-6-4-3-5-10(11)12;1-2-3-1;;;;;;/h5-16H,17-18H2,1-4H3;2*7-8H,9H2,1-6H3;5-10H,1-4H3;5-6H,7H2,1-4H3;3-8H,9H2,1-2H3;1-2H,3H2;6*1H4. The van der Waals surface area contributed by atoms with Crippen LogP contribution >= 0.6 is 11.3 Å². The summed E-state index contributed by atoms with van der Waals surface area (Å²) in [4.78, 5) is 37.0. The number of ketones is 3. The molecule has 1 heterocycles. The molecule has 0 radical (unpaired) electrons. The van der Waals surface area contributed by atoms with Crippen LogP contribution < -0.4 is 10.4 Å². The van der Waals surface area contributed by atoms with E-state index in [-0.39, 0.29) is 89.0 Å². The van der Waals surface area contributed by atoms with E-state index in [1.807, 2.05) is 11.3 Å². The van der Waals surface area contributed by atoms with Crippen molar-refractivity contribution in [2.24, 2.45) is 0 Å². The van der Waals surface area contributed by atoms with Crippen LogP contribution in [0.4, 0.5) is 0 Å². The molecule has 0 fully saturated rings. The van der Waals surface area contributed by atoms with Crippen LogP contribution in [0.5, 0.6) is 0 Å². The maximum absolute atomic E-state index is 11.5. The van der Waals surface area contributed by atoms with Gasteiger partial charge in [0.15, 0.2) is 0 Å². The molecule has 7 aliphatic carbocycles. The number of thiophene rings is 1. The van der Waals surface area contributed by atoms with Gasteiger partial charge in [-0.25, -0.2) is 0 Å². The first-order valence-electron chi connectivity index (χ1n) is 37.9. The molecule has 0 aliphatic heterocycles. The summed E-state index contributed by atoms with van der Waals surface area (Å²) in [5.74, 6) is 0.785. The third-order valence-electron chi connectivity index (χ3n) is 24.1. The van der Waals surface area contributed by atoms with Gasteiger partial charge in [-0.3, -0.25) is 14.4 Å². The summed E-state index contributed by atoms with van der Waals surface area (Å²) in [6.07, 6.45) is 36.0. The molecule has 1 aromatic heterocycles. The molecule has 6 heteroatoms. The minimum Gasteiger partial charge on any atom is -0.300 e. The second-order valence-electron chi connectivity index (χ2n) is 34.3. The number of allylic oxidation sites excluding steroid dienone is 14. The second-order valence-corrected chi connectivity index (χ2v) is 45.0. The monoisotopic (exact) mass is 1520 g/mol. The lowest BCUT2D eigenvalue weighted by atomic mass is 9.68. The fourth-order valence-corrected chi connectivity index (χ4v) is 21.8. The SMILES string of the molecule is C.C.C.C.C.C.C1=CC1.CC(=O)CC1(c2c(C)c(C)c(C)c(C)c2C)C=C1.CC(=O)CC1(c2c(C)c(C)c(C)c(C)c2C)C=C1.CC(=O)CC1(c2sc(C)c(C)c2C)C=C1.CC1(C)C=CC(C)(C)c2ccccc21.CC12C=CC(C)(C1)c1ccccc12.C[Si](C)(CC=CC[Si](C)(C)c1ccccc1)c1ccccc1. The van der Waals surface area contributed by atoms with E-state index in [1.54, 1.807) is 42.3 Å². The smallest absolute Gasteiger partial charge is 0.131 e. The van der Waals surface area contributed by atoms with Gasteiger partial charge in [-0.05, 0) is 236 Å². The lowest BCUT2D eigenvalue weighted by molar-refractivity contribution is -0.118. The van der Waals surface area contributed by atoms with Gasteiger partial charge in [0.1, 0.15) is 17.3 Å². The van der Waals surface area contributed by atoms with Crippen molar-refractivity contribution >= 4 is 55.2 Å². The Morgan fingerprint density at radius 2 is 0.615 bits per heavy atom. The Bertz CT molecular complexity index is 4210. The van der Waals surface area contributed by atoms with Gasteiger partial charge < -0.3 is 0 Å². The Balaban J connectivity index is 0.000000438. The summed E-state index contributed by atoms with van der Waals surface area (Å²) in [6.45, 7) is 57.0. The number of aryl methyl sites for hydroxylation is 1. The number of fused-ring (bicyclic) bond motifs is 6. The van der Waals surface area contributed by atoms with E-state index in [4.69, 9.17) is 0 Å². The molecule has 7 aliphatic rings. The lowest BCUT2D eigenvalue weighted by Gasteiger charge is -2.36. The highest BCUT2D eigenvalue weighted by atomic mass is 32.1. The highest BCUT2D eigenvalue weighted by Crippen LogP contribution is 2.56. The molecule has 7 aromatic rings. The summed E-state index contributed by atoms with van der Waals surface area (Å²) in [5, 5.41) is 3.11. The highest BCUT2D eigenvalue weighted by molar-refractivity contribution is 7.12. The number of carbonyl (C=O) groups is 3. The average Bonchev–Trinajstić information content (AvgIpc) is 1.58.